The minimum atomic E-state index is -0.200. The van der Waals surface area contributed by atoms with E-state index in [9.17, 15) is 5.11 Å². The number of anilines is 1. The van der Waals surface area contributed by atoms with Gasteiger partial charge in [0.25, 0.3) is 0 Å². The van der Waals surface area contributed by atoms with Gasteiger partial charge in [0.05, 0.1) is 12.1 Å². The molecule has 0 radical (unpaired) electrons. The molecule has 14 heavy (non-hydrogen) atoms. The Morgan fingerprint density at radius 3 is 2.29 bits per heavy atom. The first-order valence-corrected chi connectivity index (χ1v) is 4.88. The van der Waals surface area contributed by atoms with Crippen molar-refractivity contribution in [2.45, 2.75) is 25.0 Å². The lowest BCUT2D eigenvalue weighted by Crippen LogP contribution is -2.48. The number of phenolic OH excluding ortho intramolecular Hbond substituents is 1. The number of aromatic hydroxyl groups is 1. The SMILES string of the molecule is CN(c1ccc(O)cc1)C1CCC1O. The lowest BCUT2D eigenvalue weighted by Gasteiger charge is -2.40. The summed E-state index contributed by atoms with van der Waals surface area (Å²) in [6.45, 7) is 0. The van der Waals surface area contributed by atoms with Gasteiger partial charge in [-0.05, 0) is 37.1 Å². The van der Waals surface area contributed by atoms with E-state index < -0.39 is 0 Å². The third kappa shape index (κ3) is 1.55. The van der Waals surface area contributed by atoms with Gasteiger partial charge in [-0.2, -0.15) is 0 Å². The highest BCUT2D eigenvalue weighted by Crippen LogP contribution is 2.29. The topological polar surface area (TPSA) is 43.7 Å². The molecule has 0 spiro atoms. The molecule has 3 heteroatoms. The van der Waals surface area contributed by atoms with Gasteiger partial charge in [-0.25, -0.2) is 0 Å². The lowest BCUT2D eigenvalue weighted by atomic mass is 9.88. The van der Waals surface area contributed by atoms with Crippen LogP contribution in [0, 0.1) is 0 Å². The van der Waals surface area contributed by atoms with Crippen LogP contribution in [0.15, 0.2) is 24.3 Å². The van der Waals surface area contributed by atoms with Gasteiger partial charge in [0.1, 0.15) is 5.75 Å². The zero-order valence-corrected chi connectivity index (χ0v) is 8.22. The van der Waals surface area contributed by atoms with Gasteiger partial charge in [-0.15, -0.1) is 0 Å². The van der Waals surface area contributed by atoms with Crippen molar-refractivity contribution in [2.24, 2.45) is 0 Å². The maximum Gasteiger partial charge on any atom is 0.115 e. The number of hydrogen-bond donors (Lipinski definition) is 2. The van der Waals surface area contributed by atoms with Crippen LogP contribution in [-0.2, 0) is 0 Å². The molecule has 0 bridgehead atoms. The quantitative estimate of drug-likeness (QED) is 0.745. The molecule has 2 unspecified atom stereocenters. The second-order valence-corrected chi connectivity index (χ2v) is 3.84. The molecule has 0 aromatic heterocycles. The van der Waals surface area contributed by atoms with Gasteiger partial charge in [0.2, 0.25) is 0 Å². The van der Waals surface area contributed by atoms with Gasteiger partial charge in [-0.1, -0.05) is 0 Å². The first kappa shape index (κ1) is 9.34. The van der Waals surface area contributed by atoms with Crippen molar-refractivity contribution in [3.8, 4) is 5.75 Å². The number of hydrogen-bond acceptors (Lipinski definition) is 3. The Kier molecular flexibility index (Phi) is 2.33. The fourth-order valence-electron chi connectivity index (χ4n) is 1.80. The Morgan fingerprint density at radius 2 is 1.86 bits per heavy atom. The van der Waals surface area contributed by atoms with Gasteiger partial charge in [0.15, 0.2) is 0 Å². The van der Waals surface area contributed by atoms with E-state index in [0.717, 1.165) is 18.5 Å². The summed E-state index contributed by atoms with van der Waals surface area (Å²) in [5.74, 6) is 0.274. The van der Waals surface area contributed by atoms with Gasteiger partial charge in [-0.3, -0.25) is 0 Å². The normalized spacial score (nSPS) is 25.6. The molecule has 1 aliphatic carbocycles. The Labute approximate surface area is 83.6 Å². The summed E-state index contributed by atoms with van der Waals surface area (Å²) in [5, 5.41) is 18.6. The molecule has 1 saturated carbocycles. The van der Waals surface area contributed by atoms with Crippen LogP contribution in [-0.4, -0.2) is 29.4 Å². The number of aliphatic hydroxyl groups is 1. The van der Waals surface area contributed by atoms with Gasteiger partial charge >= 0.3 is 0 Å². The van der Waals surface area contributed by atoms with E-state index in [1.165, 1.54) is 0 Å². The van der Waals surface area contributed by atoms with Crippen molar-refractivity contribution in [3.63, 3.8) is 0 Å². The Morgan fingerprint density at radius 1 is 1.21 bits per heavy atom. The lowest BCUT2D eigenvalue weighted by molar-refractivity contribution is 0.0668. The van der Waals surface area contributed by atoms with E-state index in [0.29, 0.717) is 0 Å². The molecular formula is C11H15NO2. The van der Waals surface area contributed by atoms with Crippen LogP contribution in [0.5, 0.6) is 5.75 Å². The summed E-state index contributed by atoms with van der Waals surface area (Å²) in [4.78, 5) is 2.06. The van der Waals surface area contributed by atoms with Crippen molar-refractivity contribution in [1.82, 2.24) is 0 Å². The van der Waals surface area contributed by atoms with E-state index in [4.69, 9.17) is 5.11 Å². The van der Waals surface area contributed by atoms with Crippen LogP contribution in [0.1, 0.15) is 12.8 Å². The summed E-state index contributed by atoms with van der Waals surface area (Å²) in [5.41, 5.74) is 1.03. The Balaban J connectivity index is 2.10. The maximum absolute atomic E-state index is 9.50. The van der Waals surface area contributed by atoms with Crippen molar-refractivity contribution >= 4 is 5.69 Å². The molecule has 76 valence electrons. The predicted octanol–water partition coefficient (Wildman–Crippen LogP) is 1.35. The standard InChI is InChI=1S/C11H15NO2/c1-12(10-6-7-11(10)14)8-2-4-9(13)5-3-8/h2-5,10-11,13-14H,6-7H2,1H3. The molecule has 2 atom stereocenters. The first-order chi connectivity index (χ1) is 6.68. The van der Waals surface area contributed by atoms with Crippen molar-refractivity contribution in [1.29, 1.82) is 0 Å². The number of likely N-dealkylation sites (N-methyl/N-ethyl adjacent to an activating group) is 1. The van der Waals surface area contributed by atoms with Crippen molar-refractivity contribution in [2.75, 3.05) is 11.9 Å². The van der Waals surface area contributed by atoms with Crippen LogP contribution in [0.25, 0.3) is 0 Å². The molecule has 2 N–H and O–H groups in total. The Hall–Kier alpha value is -1.22. The van der Waals surface area contributed by atoms with E-state index in [2.05, 4.69) is 4.90 Å². The third-order valence-electron chi connectivity index (χ3n) is 2.96. The molecule has 0 heterocycles. The smallest absolute Gasteiger partial charge is 0.115 e. The zero-order valence-electron chi connectivity index (χ0n) is 8.22. The minimum absolute atomic E-state index is 0.200. The predicted molar refractivity (Wildman–Crippen MR) is 55.5 cm³/mol. The first-order valence-electron chi connectivity index (χ1n) is 4.88. The summed E-state index contributed by atoms with van der Waals surface area (Å²) in [6, 6.07) is 7.29. The zero-order chi connectivity index (χ0) is 10.1. The second-order valence-electron chi connectivity index (χ2n) is 3.84. The van der Waals surface area contributed by atoms with Crippen LogP contribution >= 0.6 is 0 Å². The molecular weight excluding hydrogens is 178 g/mol. The molecule has 2 rings (SSSR count). The van der Waals surface area contributed by atoms with Gasteiger partial charge in [0, 0.05) is 12.7 Å². The second kappa shape index (κ2) is 3.50. The van der Waals surface area contributed by atoms with E-state index in [-0.39, 0.29) is 17.9 Å². The molecule has 1 aromatic carbocycles. The van der Waals surface area contributed by atoms with Gasteiger partial charge < -0.3 is 15.1 Å². The fraction of sp³-hybridized carbons (Fsp3) is 0.455. The Bertz CT molecular complexity index is 310. The highest BCUT2D eigenvalue weighted by atomic mass is 16.3. The number of nitrogens with zero attached hydrogens (tertiary/aromatic N) is 1. The number of benzene rings is 1. The van der Waals surface area contributed by atoms with Crippen molar-refractivity contribution in [3.05, 3.63) is 24.3 Å². The summed E-state index contributed by atoms with van der Waals surface area (Å²) in [7, 11) is 1.97. The fourth-order valence-corrected chi connectivity index (χ4v) is 1.80. The molecule has 0 saturated heterocycles. The molecule has 0 aliphatic heterocycles. The molecule has 0 amide bonds. The summed E-state index contributed by atoms with van der Waals surface area (Å²) >= 11 is 0. The van der Waals surface area contributed by atoms with E-state index in [1.54, 1.807) is 12.1 Å². The number of rotatable bonds is 2. The summed E-state index contributed by atoms with van der Waals surface area (Å²) in [6.07, 6.45) is 1.74. The van der Waals surface area contributed by atoms with E-state index in [1.807, 2.05) is 19.2 Å². The third-order valence-corrected chi connectivity index (χ3v) is 2.96. The average Bonchev–Trinajstić information content (AvgIpc) is 2.16. The van der Waals surface area contributed by atoms with Crippen molar-refractivity contribution < 1.29 is 10.2 Å². The van der Waals surface area contributed by atoms with Crippen LogP contribution < -0.4 is 4.90 Å². The van der Waals surface area contributed by atoms with Crippen LogP contribution in [0.3, 0.4) is 0 Å². The highest BCUT2D eigenvalue weighted by Gasteiger charge is 2.32. The number of aliphatic hydroxyl groups excluding tert-OH is 1. The minimum Gasteiger partial charge on any atom is -0.508 e. The maximum atomic E-state index is 9.50. The molecule has 1 aromatic rings. The molecule has 1 fully saturated rings. The highest BCUT2D eigenvalue weighted by molar-refractivity contribution is 5.49. The van der Waals surface area contributed by atoms with E-state index >= 15 is 0 Å². The molecule has 1 aliphatic rings. The van der Waals surface area contributed by atoms with Crippen LogP contribution in [0.2, 0.25) is 0 Å². The molecule has 3 nitrogen and oxygen atoms in total. The largest absolute Gasteiger partial charge is 0.508 e. The average molecular weight is 193 g/mol. The monoisotopic (exact) mass is 193 g/mol. The number of phenols is 1. The van der Waals surface area contributed by atoms with Crippen LogP contribution in [0.4, 0.5) is 5.69 Å². The summed E-state index contributed by atoms with van der Waals surface area (Å²) < 4.78 is 0.